The molecule has 1 aliphatic rings. The number of amides is 1. The van der Waals surface area contributed by atoms with Crippen LogP contribution in [0, 0.1) is 5.41 Å². The van der Waals surface area contributed by atoms with E-state index in [2.05, 4.69) is 26.1 Å². The maximum absolute atomic E-state index is 11.8. The molecular formula is C17H20BrN3O3. The number of benzene rings is 1. The summed E-state index contributed by atoms with van der Waals surface area (Å²) in [5.41, 5.74) is -0.369. The lowest BCUT2D eigenvalue weighted by Crippen LogP contribution is -2.53. The minimum absolute atomic E-state index is 0.368. The summed E-state index contributed by atoms with van der Waals surface area (Å²) in [6, 6.07) is 7.57. The maximum Gasteiger partial charge on any atom is 0.408 e. The normalized spacial score (nSPS) is 21.2. The average molecular weight is 394 g/mol. The van der Waals surface area contributed by atoms with E-state index >= 15 is 0 Å². The molecule has 24 heavy (non-hydrogen) atoms. The molecule has 0 bridgehead atoms. The summed E-state index contributed by atoms with van der Waals surface area (Å²) in [5, 5.41) is 18.1. The first-order valence-corrected chi connectivity index (χ1v) is 8.65. The van der Waals surface area contributed by atoms with Crippen LogP contribution in [-0.2, 0) is 5.54 Å². The van der Waals surface area contributed by atoms with Crippen molar-refractivity contribution in [2.24, 2.45) is 5.41 Å². The Morgan fingerprint density at radius 3 is 2.54 bits per heavy atom. The zero-order valence-corrected chi connectivity index (χ0v) is 15.5. The summed E-state index contributed by atoms with van der Waals surface area (Å²) < 4.78 is 6.92. The summed E-state index contributed by atoms with van der Waals surface area (Å²) in [5.74, 6) is 0.770. The Morgan fingerprint density at radius 1 is 1.29 bits per heavy atom. The van der Waals surface area contributed by atoms with Crippen LogP contribution in [0.15, 0.2) is 33.2 Å². The fourth-order valence-electron chi connectivity index (χ4n) is 3.50. The van der Waals surface area contributed by atoms with Crippen LogP contribution in [0.2, 0.25) is 0 Å². The molecule has 1 N–H and O–H groups in total. The number of hydrogen-bond donors (Lipinski definition) is 1. The second-order valence-electron chi connectivity index (χ2n) is 7.07. The second kappa shape index (κ2) is 5.88. The first kappa shape index (κ1) is 17.0. The van der Waals surface area contributed by atoms with Gasteiger partial charge in [0.1, 0.15) is 5.54 Å². The summed E-state index contributed by atoms with van der Waals surface area (Å²) in [6.45, 7) is 6.51. The monoisotopic (exact) mass is 393 g/mol. The number of carbonyl (C=O) groups is 1. The lowest BCUT2D eigenvalue weighted by molar-refractivity contribution is 0.00775. The largest absolute Gasteiger partial charge is 0.465 e. The van der Waals surface area contributed by atoms with Crippen LogP contribution < -0.4 is 0 Å². The molecule has 1 saturated heterocycles. The van der Waals surface area contributed by atoms with E-state index in [4.69, 9.17) is 4.42 Å². The van der Waals surface area contributed by atoms with E-state index in [1.807, 2.05) is 45.0 Å². The van der Waals surface area contributed by atoms with Crippen molar-refractivity contribution in [3.8, 4) is 11.5 Å². The molecule has 3 rings (SSSR count). The molecule has 1 unspecified atom stereocenters. The van der Waals surface area contributed by atoms with Crippen LogP contribution in [0.1, 0.15) is 39.5 Å². The van der Waals surface area contributed by atoms with Gasteiger partial charge >= 0.3 is 6.09 Å². The Balaban J connectivity index is 2.07. The number of carboxylic acid groups (broad SMARTS) is 1. The first-order chi connectivity index (χ1) is 11.3. The van der Waals surface area contributed by atoms with Crippen LogP contribution in [0.3, 0.4) is 0 Å². The van der Waals surface area contributed by atoms with E-state index < -0.39 is 11.6 Å². The molecule has 0 radical (unpaired) electrons. The molecule has 1 fully saturated rings. The highest BCUT2D eigenvalue weighted by Gasteiger charge is 2.56. The molecule has 0 aliphatic carbocycles. The number of rotatable bonds is 2. The molecular weight excluding hydrogens is 374 g/mol. The molecule has 7 heteroatoms. The van der Waals surface area contributed by atoms with Crippen molar-refractivity contribution >= 4 is 22.0 Å². The molecule has 6 nitrogen and oxygen atoms in total. The molecule has 1 aromatic heterocycles. The SMILES string of the molecule is CC(C)(C)C1(c2nnc(-c3ccc(Br)cc3)o2)CCCN1C(=O)O. The summed E-state index contributed by atoms with van der Waals surface area (Å²) >= 11 is 3.40. The molecule has 1 aromatic carbocycles. The third-order valence-electron chi connectivity index (χ3n) is 4.72. The van der Waals surface area contributed by atoms with Gasteiger partial charge in [-0.3, -0.25) is 4.90 Å². The van der Waals surface area contributed by atoms with Gasteiger partial charge in [0, 0.05) is 16.6 Å². The Kier molecular flexibility index (Phi) is 4.15. The van der Waals surface area contributed by atoms with Gasteiger partial charge in [0.2, 0.25) is 11.8 Å². The zero-order chi connectivity index (χ0) is 17.5. The molecule has 2 aromatic rings. The highest BCUT2D eigenvalue weighted by molar-refractivity contribution is 9.10. The Labute approximate surface area is 149 Å². The number of halogens is 1. The van der Waals surface area contributed by atoms with E-state index in [1.54, 1.807) is 0 Å². The van der Waals surface area contributed by atoms with E-state index in [0.717, 1.165) is 16.5 Å². The van der Waals surface area contributed by atoms with Crippen molar-refractivity contribution in [3.05, 3.63) is 34.6 Å². The van der Waals surface area contributed by atoms with Gasteiger partial charge in [-0.2, -0.15) is 0 Å². The standard InChI is InChI=1S/C17H20BrN3O3/c1-16(2,3)17(9-4-10-21(17)15(22)23)14-20-19-13(24-14)11-5-7-12(18)8-6-11/h5-8H,4,9-10H2,1-3H3,(H,22,23). The molecule has 1 amide bonds. The van der Waals surface area contributed by atoms with Crippen molar-refractivity contribution in [1.82, 2.24) is 15.1 Å². The van der Waals surface area contributed by atoms with Crippen LogP contribution in [0.5, 0.6) is 0 Å². The first-order valence-electron chi connectivity index (χ1n) is 7.86. The van der Waals surface area contributed by atoms with E-state index in [-0.39, 0.29) is 5.41 Å². The van der Waals surface area contributed by atoms with Crippen LogP contribution in [0.25, 0.3) is 11.5 Å². The minimum atomic E-state index is -0.953. The lowest BCUT2D eigenvalue weighted by Gasteiger charge is -2.44. The topological polar surface area (TPSA) is 79.5 Å². The van der Waals surface area contributed by atoms with Crippen LogP contribution in [0.4, 0.5) is 4.79 Å². The highest BCUT2D eigenvalue weighted by Crippen LogP contribution is 2.51. The van der Waals surface area contributed by atoms with Gasteiger partial charge in [-0.05, 0) is 42.5 Å². The van der Waals surface area contributed by atoms with Crippen molar-refractivity contribution in [3.63, 3.8) is 0 Å². The van der Waals surface area contributed by atoms with Gasteiger partial charge in [0.15, 0.2) is 0 Å². The molecule has 0 spiro atoms. The number of likely N-dealkylation sites (tertiary alicyclic amines) is 1. The Hall–Kier alpha value is -1.89. The zero-order valence-electron chi connectivity index (χ0n) is 13.9. The third kappa shape index (κ3) is 2.60. The van der Waals surface area contributed by atoms with E-state index in [0.29, 0.717) is 24.7 Å². The second-order valence-corrected chi connectivity index (χ2v) is 7.98. The minimum Gasteiger partial charge on any atom is -0.465 e. The van der Waals surface area contributed by atoms with E-state index in [9.17, 15) is 9.90 Å². The Morgan fingerprint density at radius 2 is 1.96 bits per heavy atom. The molecule has 2 heterocycles. The smallest absolute Gasteiger partial charge is 0.408 e. The summed E-state index contributed by atoms with van der Waals surface area (Å²) in [7, 11) is 0. The van der Waals surface area contributed by atoms with Crippen molar-refractivity contribution in [2.45, 2.75) is 39.2 Å². The van der Waals surface area contributed by atoms with Gasteiger partial charge in [0.05, 0.1) is 0 Å². The van der Waals surface area contributed by atoms with Gasteiger partial charge in [0.25, 0.3) is 0 Å². The number of aromatic nitrogens is 2. The van der Waals surface area contributed by atoms with Crippen LogP contribution >= 0.6 is 15.9 Å². The van der Waals surface area contributed by atoms with Gasteiger partial charge in [-0.15, -0.1) is 10.2 Å². The maximum atomic E-state index is 11.8. The number of nitrogens with zero attached hydrogens (tertiary/aromatic N) is 3. The lowest BCUT2D eigenvalue weighted by atomic mass is 9.71. The average Bonchev–Trinajstić information content (AvgIpc) is 3.14. The predicted octanol–water partition coefficient (Wildman–Crippen LogP) is 4.51. The molecule has 1 aliphatic heterocycles. The quantitative estimate of drug-likeness (QED) is 0.811. The number of hydrogen-bond acceptors (Lipinski definition) is 4. The Bertz CT molecular complexity index is 751. The molecule has 1 atom stereocenters. The third-order valence-corrected chi connectivity index (χ3v) is 5.25. The van der Waals surface area contributed by atoms with Crippen molar-refractivity contribution < 1.29 is 14.3 Å². The van der Waals surface area contributed by atoms with Crippen LogP contribution in [-0.4, -0.2) is 32.8 Å². The van der Waals surface area contributed by atoms with Gasteiger partial charge in [-0.1, -0.05) is 36.7 Å². The fraction of sp³-hybridized carbons (Fsp3) is 0.471. The summed E-state index contributed by atoms with van der Waals surface area (Å²) in [6.07, 6.45) is 0.496. The fourth-order valence-corrected chi connectivity index (χ4v) is 3.76. The van der Waals surface area contributed by atoms with Gasteiger partial charge in [-0.25, -0.2) is 4.79 Å². The van der Waals surface area contributed by atoms with Crippen molar-refractivity contribution in [1.29, 1.82) is 0 Å². The van der Waals surface area contributed by atoms with Crippen molar-refractivity contribution in [2.75, 3.05) is 6.54 Å². The molecule has 0 saturated carbocycles. The predicted molar refractivity (Wildman–Crippen MR) is 92.5 cm³/mol. The molecule has 128 valence electrons. The van der Waals surface area contributed by atoms with E-state index in [1.165, 1.54) is 4.90 Å². The summed E-state index contributed by atoms with van der Waals surface area (Å²) in [4.78, 5) is 13.2. The highest BCUT2D eigenvalue weighted by atomic mass is 79.9. The van der Waals surface area contributed by atoms with Gasteiger partial charge < -0.3 is 9.52 Å².